The van der Waals surface area contributed by atoms with Gasteiger partial charge >= 0.3 is 0 Å². The van der Waals surface area contributed by atoms with Crippen LogP contribution >= 0.6 is 0 Å². The smallest absolute Gasteiger partial charge is 0.240 e. The van der Waals surface area contributed by atoms with Crippen LogP contribution in [0.25, 0.3) is 0 Å². The molecule has 1 N–H and O–H groups in total. The topological polar surface area (TPSA) is 84.9 Å². The molecule has 3 rings (SSSR count). The van der Waals surface area contributed by atoms with Gasteiger partial charge in [0, 0.05) is 32.1 Å². The van der Waals surface area contributed by atoms with Gasteiger partial charge in [-0.05, 0) is 23.3 Å². The molecule has 0 atom stereocenters. The van der Waals surface area contributed by atoms with Crippen molar-refractivity contribution in [2.24, 2.45) is 0 Å². The molecule has 0 saturated carbocycles. The minimum atomic E-state index is -3.81. The summed E-state index contributed by atoms with van der Waals surface area (Å²) in [5, 5.41) is 0. The highest BCUT2D eigenvalue weighted by Gasteiger charge is 2.19. The third kappa shape index (κ3) is 6.81. The van der Waals surface area contributed by atoms with Crippen molar-refractivity contribution >= 4 is 15.9 Å². The van der Waals surface area contributed by atoms with Crippen LogP contribution in [0.3, 0.4) is 0 Å². The number of sulfonamides is 1. The second-order valence-corrected chi connectivity index (χ2v) is 9.15. The van der Waals surface area contributed by atoms with E-state index in [0.29, 0.717) is 24.6 Å². The Morgan fingerprint density at radius 3 is 1.88 bits per heavy atom. The van der Waals surface area contributed by atoms with E-state index in [1.807, 2.05) is 60.7 Å². The van der Waals surface area contributed by atoms with Crippen LogP contribution in [-0.2, 0) is 27.9 Å². The molecule has 0 spiro atoms. The highest BCUT2D eigenvalue weighted by molar-refractivity contribution is 7.89. The lowest BCUT2D eigenvalue weighted by atomic mass is 10.1. The number of benzene rings is 3. The maximum absolute atomic E-state index is 13.0. The van der Waals surface area contributed by atoms with Crippen LogP contribution in [0.4, 0.5) is 0 Å². The maximum Gasteiger partial charge on any atom is 0.240 e. The predicted octanol–water partition coefficient (Wildman–Crippen LogP) is 3.60. The summed E-state index contributed by atoms with van der Waals surface area (Å²) in [7, 11) is -0.896. The molecule has 1 amide bonds. The molecular formula is C25H28N2O5S. The van der Waals surface area contributed by atoms with Gasteiger partial charge in [0.1, 0.15) is 0 Å². The van der Waals surface area contributed by atoms with Gasteiger partial charge in [0.15, 0.2) is 11.5 Å². The lowest BCUT2D eigenvalue weighted by Crippen LogP contribution is -2.34. The van der Waals surface area contributed by atoms with Crippen molar-refractivity contribution in [3.05, 3.63) is 90.0 Å². The minimum absolute atomic E-state index is 0.0183. The standard InChI is InChI=1S/C25H28N2O5S/c1-31-23-14-13-22(17-24(23)32-2)33(29,30)26-16-15-25(28)27(18-20-9-5-3-6-10-20)19-21-11-7-4-8-12-21/h3-14,17,26H,15-16,18-19H2,1-2H3. The first-order valence-electron chi connectivity index (χ1n) is 10.5. The Labute approximate surface area is 195 Å². The third-order valence-corrected chi connectivity index (χ3v) is 6.54. The van der Waals surface area contributed by atoms with Crippen LogP contribution in [0.15, 0.2) is 83.8 Å². The molecule has 0 unspecified atom stereocenters. The average Bonchev–Trinajstić information content (AvgIpc) is 2.84. The van der Waals surface area contributed by atoms with Crippen LogP contribution in [0, 0.1) is 0 Å². The molecule has 0 aliphatic heterocycles. The summed E-state index contributed by atoms with van der Waals surface area (Å²) in [5.74, 6) is 0.607. The zero-order valence-corrected chi connectivity index (χ0v) is 19.5. The quantitative estimate of drug-likeness (QED) is 0.465. The minimum Gasteiger partial charge on any atom is -0.493 e. The fraction of sp³-hybridized carbons (Fsp3) is 0.240. The first kappa shape index (κ1) is 24.3. The molecule has 0 aromatic heterocycles. The van der Waals surface area contributed by atoms with Gasteiger partial charge in [-0.25, -0.2) is 13.1 Å². The van der Waals surface area contributed by atoms with Gasteiger partial charge in [0.05, 0.1) is 19.1 Å². The molecule has 0 fully saturated rings. The van der Waals surface area contributed by atoms with E-state index in [-0.39, 0.29) is 23.8 Å². The van der Waals surface area contributed by atoms with Gasteiger partial charge in [0.2, 0.25) is 15.9 Å². The number of hydrogen-bond donors (Lipinski definition) is 1. The summed E-state index contributed by atoms with van der Waals surface area (Å²) < 4.78 is 38.2. The molecule has 3 aromatic carbocycles. The van der Waals surface area contributed by atoms with Crippen LogP contribution in [0.2, 0.25) is 0 Å². The molecule has 8 heteroatoms. The Morgan fingerprint density at radius 1 is 0.818 bits per heavy atom. The van der Waals surface area contributed by atoms with E-state index >= 15 is 0 Å². The molecule has 0 bridgehead atoms. The van der Waals surface area contributed by atoms with Crippen molar-refractivity contribution in [2.45, 2.75) is 24.4 Å². The number of methoxy groups -OCH3 is 2. The predicted molar refractivity (Wildman–Crippen MR) is 126 cm³/mol. The highest BCUT2D eigenvalue weighted by Crippen LogP contribution is 2.29. The monoisotopic (exact) mass is 468 g/mol. The fourth-order valence-electron chi connectivity index (χ4n) is 3.36. The first-order valence-corrected chi connectivity index (χ1v) is 12.0. The molecule has 0 heterocycles. The van der Waals surface area contributed by atoms with Gasteiger partial charge in [-0.1, -0.05) is 60.7 Å². The Morgan fingerprint density at radius 2 is 1.36 bits per heavy atom. The van der Waals surface area contributed by atoms with E-state index in [0.717, 1.165) is 11.1 Å². The molecule has 174 valence electrons. The number of nitrogens with one attached hydrogen (secondary N) is 1. The Bertz CT molecular complexity index is 1110. The van der Waals surface area contributed by atoms with Crippen LogP contribution in [-0.4, -0.2) is 40.0 Å². The van der Waals surface area contributed by atoms with Crippen molar-refractivity contribution in [3.63, 3.8) is 0 Å². The van der Waals surface area contributed by atoms with Crippen LogP contribution in [0.1, 0.15) is 17.5 Å². The summed E-state index contributed by atoms with van der Waals surface area (Å²) in [6.07, 6.45) is 0.0339. The van der Waals surface area contributed by atoms with E-state index in [1.54, 1.807) is 4.90 Å². The average molecular weight is 469 g/mol. The number of amides is 1. The fourth-order valence-corrected chi connectivity index (χ4v) is 4.40. The SMILES string of the molecule is COc1ccc(S(=O)(=O)NCCC(=O)N(Cc2ccccc2)Cc2ccccc2)cc1OC. The van der Waals surface area contributed by atoms with E-state index in [4.69, 9.17) is 9.47 Å². The summed E-state index contributed by atoms with van der Waals surface area (Å²) in [4.78, 5) is 14.8. The van der Waals surface area contributed by atoms with Gasteiger partial charge in [0.25, 0.3) is 0 Å². The molecule has 3 aromatic rings. The zero-order valence-electron chi connectivity index (χ0n) is 18.7. The van der Waals surface area contributed by atoms with Crippen molar-refractivity contribution < 1.29 is 22.7 Å². The van der Waals surface area contributed by atoms with Crippen LogP contribution < -0.4 is 14.2 Å². The van der Waals surface area contributed by atoms with Gasteiger partial charge < -0.3 is 14.4 Å². The molecule has 0 saturated heterocycles. The molecule has 0 radical (unpaired) electrons. The molecule has 7 nitrogen and oxygen atoms in total. The number of ether oxygens (including phenoxy) is 2. The van der Waals surface area contributed by atoms with Gasteiger partial charge in [-0.2, -0.15) is 0 Å². The molecule has 33 heavy (non-hydrogen) atoms. The van der Waals surface area contributed by atoms with E-state index in [2.05, 4.69) is 4.72 Å². The number of nitrogens with zero attached hydrogens (tertiary/aromatic N) is 1. The summed E-state index contributed by atoms with van der Waals surface area (Å²) in [6, 6.07) is 23.8. The summed E-state index contributed by atoms with van der Waals surface area (Å²) in [5.41, 5.74) is 2.01. The van der Waals surface area contributed by atoms with E-state index < -0.39 is 10.0 Å². The zero-order chi connectivity index (χ0) is 23.7. The normalized spacial score (nSPS) is 11.1. The first-order chi connectivity index (χ1) is 15.9. The van der Waals surface area contributed by atoms with E-state index in [9.17, 15) is 13.2 Å². The van der Waals surface area contributed by atoms with Gasteiger partial charge in [-0.3, -0.25) is 4.79 Å². The lowest BCUT2D eigenvalue weighted by molar-refractivity contribution is -0.132. The number of hydrogen-bond acceptors (Lipinski definition) is 5. The van der Waals surface area contributed by atoms with Crippen LogP contribution in [0.5, 0.6) is 11.5 Å². The molecule has 0 aliphatic carbocycles. The van der Waals surface area contributed by atoms with Crippen molar-refractivity contribution in [3.8, 4) is 11.5 Å². The number of carbonyl (C=O) groups is 1. The van der Waals surface area contributed by atoms with E-state index in [1.165, 1.54) is 32.4 Å². The van der Waals surface area contributed by atoms with Gasteiger partial charge in [-0.15, -0.1) is 0 Å². The summed E-state index contributed by atoms with van der Waals surface area (Å²) in [6.45, 7) is 0.865. The lowest BCUT2D eigenvalue weighted by Gasteiger charge is -2.23. The number of rotatable bonds is 11. The maximum atomic E-state index is 13.0. The third-order valence-electron chi connectivity index (χ3n) is 5.08. The number of carbonyl (C=O) groups excluding carboxylic acids is 1. The van der Waals surface area contributed by atoms with Crippen molar-refractivity contribution in [1.29, 1.82) is 0 Å². The second kappa shape index (κ2) is 11.5. The van der Waals surface area contributed by atoms with Crippen molar-refractivity contribution in [2.75, 3.05) is 20.8 Å². The molecule has 0 aliphatic rings. The second-order valence-electron chi connectivity index (χ2n) is 7.39. The van der Waals surface area contributed by atoms with Crippen molar-refractivity contribution in [1.82, 2.24) is 9.62 Å². The highest BCUT2D eigenvalue weighted by atomic mass is 32.2. The Balaban J connectivity index is 1.66. The largest absolute Gasteiger partial charge is 0.493 e. The molecular weight excluding hydrogens is 440 g/mol. The Kier molecular flexibility index (Phi) is 8.46. The Hall–Kier alpha value is -3.36. The summed E-state index contributed by atoms with van der Waals surface area (Å²) >= 11 is 0.